The smallest absolute Gasteiger partial charge is 0.251 e. The summed E-state index contributed by atoms with van der Waals surface area (Å²) in [6.07, 6.45) is 0.205. The Hall–Kier alpha value is -1.96. The number of piperazine rings is 1. The number of aliphatic hydroxyl groups excluding tert-OH is 1. The quantitative estimate of drug-likeness (QED) is 0.761. The molecular weight excluding hydrogens is 310 g/mol. The van der Waals surface area contributed by atoms with Crippen LogP contribution in [0.15, 0.2) is 24.3 Å². The van der Waals surface area contributed by atoms with Gasteiger partial charge in [-0.3, -0.25) is 19.4 Å². The van der Waals surface area contributed by atoms with Gasteiger partial charge in [-0.2, -0.15) is 0 Å². The summed E-state index contributed by atoms with van der Waals surface area (Å²) >= 11 is 0. The molecule has 0 aromatic heterocycles. The highest BCUT2D eigenvalue weighted by atomic mass is 16.5. The molecule has 2 saturated heterocycles. The van der Waals surface area contributed by atoms with Crippen LogP contribution < -0.4 is 9.64 Å². The molecule has 2 aliphatic rings. The van der Waals surface area contributed by atoms with E-state index in [0.717, 1.165) is 26.2 Å². The Labute approximate surface area is 141 Å². The molecule has 3 rings (SSSR count). The van der Waals surface area contributed by atoms with Crippen molar-refractivity contribution in [3.8, 4) is 5.75 Å². The van der Waals surface area contributed by atoms with E-state index in [-0.39, 0.29) is 24.8 Å². The summed E-state index contributed by atoms with van der Waals surface area (Å²) < 4.78 is 5.29. The summed E-state index contributed by atoms with van der Waals surface area (Å²) in [6.45, 7) is 3.84. The standard InChI is InChI=1S/C17H23N3O4/c1-24-15-5-3-2-4-13(15)20-16(22)12-14(17(20)23)19-8-6-18(7-9-19)10-11-21/h2-5,14,21H,6-12H2,1H3/t14-/m1/s1. The van der Waals surface area contributed by atoms with Gasteiger partial charge in [-0.15, -0.1) is 0 Å². The molecule has 1 N–H and O–H groups in total. The number of benzene rings is 1. The summed E-state index contributed by atoms with van der Waals surface area (Å²) in [6, 6.07) is 6.68. The minimum atomic E-state index is -0.404. The van der Waals surface area contributed by atoms with Gasteiger partial charge in [0.1, 0.15) is 5.75 Å². The van der Waals surface area contributed by atoms with Crippen molar-refractivity contribution in [3.63, 3.8) is 0 Å². The Balaban J connectivity index is 1.73. The summed E-state index contributed by atoms with van der Waals surface area (Å²) in [5, 5.41) is 9.01. The van der Waals surface area contributed by atoms with E-state index in [2.05, 4.69) is 9.80 Å². The van der Waals surface area contributed by atoms with Crippen molar-refractivity contribution in [1.82, 2.24) is 9.80 Å². The lowest BCUT2D eigenvalue weighted by Gasteiger charge is -2.36. The van der Waals surface area contributed by atoms with Gasteiger partial charge in [-0.1, -0.05) is 12.1 Å². The zero-order valence-electron chi connectivity index (χ0n) is 13.9. The Morgan fingerprint density at radius 1 is 1.17 bits per heavy atom. The third kappa shape index (κ3) is 3.15. The largest absolute Gasteiger partial charge is 0.495 e. The molecule has 0 bridgehead atoms. The molecule has 2 heterocycles. The molecular formula is C17H23N3O4. The maximum Gasteiger partial charge on any atom is 0.251 e. The third-order valence-corrected chi connectivity index (χ3v) is 4.71. The van der Waals surface area contributed by atoms with E-state index in [4.69, 9.17) is 9.84 Å². The Bertz CT molecular complexity index is 614. The second-order valence-corrected chi connectivity index (χ2v) is 6.06. The second kappa shape index (κ2) is 7.29. The molecule has 130 valence electrons. The van der Waals surface area contributed by atoms with Crippen LogP contribution in [0.4, 0.5) is 5.69 Å². The lowest BCUT2D eigenvalue weighted by atomic mass is 10.1. The van der Waals surface area contributed by atoms with Crippen molar-refractivity contribution in [3.05, 3.63) is 24.3 Å². The maximum atomic E-state index is 12.8. The average Bonchev–Trinajstić information content (AvgIpc) is 2.90. The number of hydrogen-bond acceptors (Lipinski definition) is 6. The van der Waals surface area contributed by atoms with E-state index in [1.54, 1.807) is 18.2 Å². The van der Waals surface area contributed by atoms with E-state index in [0.29, 0.717) is 18.0 Å². The number of nitrogens with zero attached hydrogens (tertiary/aromatic N) is 3. The number of aliphatic hydroxyl groups is 1. The molecule has 0 aliphatic carbocycles. The minimum Gasteiger partial charge on any atom is -0.495 e. The van der Waals surface area contributed by atoms with Crippen LogP contribution in [-0.2, 0) is 9.59 Å². The first-order valence-electron chi connectivity index (χ1n) is 8.22. The molecule has 0 spiro atoms. The summed E-state index contributed by atoms with van der Waals surface area (Å²) in [5.41, 5.74) is 0.511. The van der Waals surface area contributed by atoms with E-state index in [1.165, 1.54) is 12.0 Å². The molecule has 7 nitrogen and oxygen atoms in total. The number of hydrogen-bond donors (Lipinski definition) is 1. The van der Waals surface area contributed by atoms with Crippen molar-refractivity contribution in [2.75, 3.05) is 51.3 Å². The Morgan fingerprint density at radius 2 is 1.88 bits per heavy atom. The fourth-order valence-electron chi connectivity index (χ4n) is 3.41. The molecule has 0 radical (unpaired) electrons. The van der Waals surface area contributed by atoms with Gasteiger partial charge < -0.3 is 9.84 Å². The SMILES string of the molecule is COc1ccccc1N1C(=O)C[C@@H](N2CCN(CCO)CC2)C1=O. The number of rotatable bonds is 5. The molecule has 24 heavy (non-hydrogen) atoms. The first-order valence-corrected chi connectivity index (χ1v) is 8.22. The number of imide groups is 1. The highest BCUT2D eigenvalue weighted by Crippen LogP contribution is 2.33. The lowest BCUT2D eigenvalue weighted by molar-refractivity contribution is -0.123. The topological polar surface area (TPSA) is 73.3 Å². The van der Waals surface area contributed by atoms with E-state index in [1.807, 2.05) is 6.07 Å². The van der Waals surface area contributed by atoms with Gasteiger partial charge in [0.15, 0.2) is 0 Å². The number of para-hydroxylation sites is 2. The predicted octanol–water partition coefficient (Wildman–Crippen LogP) is -0.0630. The molecule has 2 fully saturated rings. The first-order chi connectivity index (χ1) is 11.7. The van der Waals surface area contributed by atoms with Gasteiger partial charge in [0.05, 0.1) is 31.9 Å². The summed E-state index contributed by atoms with van der Waals surface area (Å²) in [7, 11) is 1.53. The summed E-state index contributed by atoms with van der Waals surface area (Å²) in [5.74, 6) is 0.153. The van der Waals surface area contributed by atoms with Crippen LogP contribution in [0.1, 0.15) is 6.42 Å². The third-order valence-electron chi connectivity index (χ3n) is 4.71. The molecule has 1 aromatic rings. The van der Waals surface area contributed by atoms with Crippen molar-refractivity contribution < 1.29 is 19.4 Å². The highest BCUT2D eigenvalue weighted by molar-refractivity contribution is 6.23. The molecule has 2 aliphatic heterocycles. The van der Waals surface area contributed by atoms with Crippen LogP contribution in [0, 0.1) is 0 Å². The van der Waals surface area contributed by atoms with Crippen LogP contribution in [0.2, 0.25) is 0 Å². The van der Waals surface area contributed by atoms with Crippen LogP contribution in [0.25, 0.3) is 0 Å². The normalized spacial score (nSPS) is 23.1. The van der Waals surface area contributed by atoms with Crippen molar-refractivity contribution >= 4 is 17.5 Å². The molecule has 1 aromatic carbocycles. The average molecular weight is 333 g/mol. The van der Waals surface area contributed by atoms with Crippen molar-refractivity contribution in [2.45, 2.75) is 12.5 Å². The molecule has 7 heteroatoms. The lowest BCUT2D eigenvalue weighted by Crippen LogP contribution is -2.53. The van der Waals surface area contributed by atoms with Gasteiger partial charge in [-0.05, 0) is 12.1 Å². The van der Waals surface area contributed by atoms with Gasteiger partial charge >= 0.3 is 0 Å². The Morgan fingerprint density at radius 3 is 2.54 bits per heavy atom. The maximum absolute atomic E-state index is 12.8. The van der Waals surface area contributed by atoms with E-state index >= 15 is 0 Å². The monoisotopic (exact) mass is 333 g/mol. The molecule has 0 saturated carbocycles. The number of β-amino-alcohol motifs (C(OH)–C–C–N with tert-alkyl or cyclic N) is 1. The van der Waals surface area contributed by atoms with Crippen molar-refractivity contribution in [2.24, 2.45) is 0 Å². The van der Waals surface area contributed by atoms with E-state index in [9.17, 15) is 9.59 Å². The second-order valence-electron chi connectivity index (χ2n) is 6.06. The fraction of sp³-hybridized carbons (Fsp3) is 0.529. The predicted molar refractivity (Wildman–Crippen MR) is 89.0 cm³/mol. The highest BCUT2D eigenvalue weighted by Gasteiger charge is 2.44. The Kier molecular flexibility index (Phi) is 5.13. The summed E-state index contributed by atoms with van der Waals surface area (Å²) in [4.78, 5) is 30.8. The number of carbonyl (C=O) groups is 2. The van der Waals surface area contributed by atoms with Crippen molar-refractivity contribution in [1.29, 1.82) is 0 Å². The van der Waals surface area contributed by atoms with Crippen LogP contribution in [0.5, 0.6) is 5.75 Å². The van der Waals surface area contributed by atoms with Gasteiger partial charge in [0.2, 0.25) is 5.91 Å². The zero-order valence-corrected chi connectivity index (χ0v) is 13.9. The fourth-order valence-corrected chi connectivity index (χ4v) is 3.41. The number of anilines is 1. The zero-order chi connectivity index (χ0) is 17.1. The number of carbonyl (C=O) groups excluding carboxylic acids is 2. The molecule has 0 unspecified atom stereocenters. The van der Waals surface area contributed by atoms with Gasteiger partial charge in [0, 0.05) is 32.7 Å². The number of ether oxygens (including phenoxy) is 1. The first kappa shape index (κ1) is 16.9. The van der Waals surface area contributed by atoms with E-state index < -0.39 is 6.04 Å². The van der Waals surface area contributed by atoms with Crippen LogP contribution in [-0.4, -0.2) is 79.2 Å². The van der Waals surface area contributed by atoms with Gasteiger partial charge in [-0.25, -0.2) is 4.90 Å². The molecule has 2 amide bonds. The van der Waals surface area contributed by atoms with Crippen LogP contribution >= 0.6 is 0 Å². The molecule has 1 atom stereocenters. The number of methoxy groups -OCH3 is 1. The number of amides is 2. The minimum absolute atomic E-state index is 0.141. The van der Waals surface area contributed by atoms with Crippen LogP contribution in [0.3, 0.4) is 0 Å². The van der Waals surface area contributed by atoms with Gasteiger partial charge in [0.25, 0.3) is 5.91 Å².